The van der Waals surface area contributed by atoms with E-state index in [-0.39, 0.29) is 23.9 Å². The van der Waals surface area contributed by atoms with Crippen LogP contribution in [0.25, 0.3) is 0 Å². The van der Waals surface area contributed by atoms with Crippen LogP contribution >= 0.6 is 0 Å². The van der Waals surface area contributed by atoms with Crippen molar-refractivity contribution in [3.05, 3.63) is 29.3 Å². The quantitative estimate of drug-likeness (QED) is 0.786. The Balaban J connectivity index is 1.72. The van der Waals surface area contributed by atoms with E-state index in [0.29, 0.717) is 31.0 Å². The number of hydrogen-bond acceptors (Lipinski definition) is 4. The van der Waals surface area contributed by atoms with Gasteiger partial charge in [0.15, 0.2) is 0 Å². The van der Waals surface area contributed by atoms with Gasteiger partial charge in [0.05, 0.1) is 18.2 Å². The summed E-state index contributed by atoms with van der Waals surface area (Å²) < 4.78 is 11.0. The first kappa shape index (κ1) is 17.8. The number of nitrogens with zero attached hydrogens (tertiary/aromatic N) is 1. The van der Waals surface area contributed by atoms with Crippen LogP contribution in [0.2, 0.25) is 0 Å². The lowest BCUT2D eigenvalue weighted by molar-refractivity contribution is -0.137. The van der Waals surface area contributed by atoms with Gasteiger partial charge in [-0.15, -0.1) is 0 Å². The standard InChI is InChI=1S/C20H27NO4/c1-14(2)25-20(23)16-8-9-17-13-21(10-11-24-18(17)12-16)19(22)15-6-4-3-5-7-15/h8-9,12,14-15H,3-7,10-11,13H2,1-2H3. The van der Waals surface area contributed by atoms with Gasteiger partial charge in [0, 0.05) is 18.0 Å². The van der Waals surface area contributed by atoms with Gasteiger partial charge in [0.2, 0.25) is 5.91 Å². The number of amides is 1. The fourth-order valence-corrected chi connectivity index (χ4v) is 3.57. The van der Waals surface area contributed by atoms with Crippen LogP contribution in [0.4, 0.5) is 0 Å². The van der Waals surface area contributed by atoms with Crippen molar-refractivity contribution in [2.75, 3.05) is 13.2 Å². The van der Waals surface area contributed by atoms with Gasteiger partial charge in [-0.3, -0.25) is 4.79 Å². The highest BCUT2D eigenvalue weighted by Crippen LogP contribution is 2.29. The van der Waals surface area contributed by atoms with E-state index in [1.807, 2.05) is 24.8 Å². The minimum atomic E-state index is -0.346. The number of hydrogen-bond donors (Lipinski definition) is 0. The molecule has 1 aromatic carbocycles. The molecular formula is C20H27NO4. The van der Waals surface area contributed by atoms with Gasteiger partial charge in [0.25, 0.3) is 0 Å². The molecule has 0 radical (unpaired) electrons. The van der Waals surface area contributed by atoms with Crippen molar-refractivity contribution in [3.8, 4) is 5.75 Å². The van der Waals surface area contributed by atoms with Crippen LogP contribution in [0, 0.1) is 5.92 Å². The topological polar surface area (TPSA) is 55.8 Å². The first-order valence-corrected chi connectivity index (χ1v) is 9.30. The van der Waals surface area contributed by atoms with Gasteiger partial charge in [0.1, 0.15) is 12.4 Å². The van der Waals surface area contributed by atoms with E-state index in [2.05, 4.69) is 0 Å². The van der Waals surface area contributed by atoms with Gasteiger partial charge < -0.3 is 14.4 Å². The number of fused-ring (bicyclic) bond motifs is 1. The lowest BCUT2D eigenvalue weighted by Crippen LogP contribution is -2.37. The molecule has 1 aliphatic carbocycles. The monoisotopic (exact) mass is 345 g/mol. The average Bonchev–Trinajstić information content (AvgIpc) is 2.83. The molecular weight excluding hydrogens is 318 g/mol. The van der Waals surface area contributed by atoms with E-state index >= 15 is 0 Å². The predicted octanol–water partition coefficient (Wildman–Crippen LogP) is 3.55. The molecule has 136 valence electrons. The maximum Gasteiger partial charge on any atom is 0.338 e. The maximum atomic E-state index is 12.8. The molecule has 1 aromatic rings. The minimum absolute atomic E-state index is 0.157. The van der Waals surface area contributed by atoms with E-state index in [0.717, 1.165) is 31.2 Å². The van der Waals surface area contributed by atoms with Crippen molar-refractivity contribution < 1.29 is 19.1 Å². The summed E-state index contributed by atoms with van der Waals surface area (Å²) in [6.07, 6.45) is 5.39. The predicted molar refractivity (Wildman–Crippen MR) is 94.5 cm³/mol. The molecule has 0 unspecified atom stereocenters. The lowest BCUT2D eigenvalue weighted by atomic mass is 9.88. The first-order valence-electron chi connectivity index (χ1n) is 9.30. The summed E-state index contributed by atoms with van der Waals surface area (Å²) in [4.78, 5) is 26.8. The molecule has 1 fully saturated rings. The fourth-order valence-electron chi connectivity index (χ4n) is 3.57. The second-order valence-corrected chi connectivity index (χ2v) is 7.22. The van der Waals surface area contributed by atoms with E-state index in [9.17, 15) is 9.59 Å². The SMILES string of the molecule is CC(C)OC(=O)c1ccc2c(c1)OCCN(C(=O)C1CCCCC1)C2. The number of benzene rings is 1. The minimum Gasteiger partial charge on any atom is -0.491 e. The van der Waals surface area contributed by atoms with Gasteiger partial charge >= 0.3 is 5.97 Å². The molecule has 0 saturated heterocycles. The summed E-state index contributed by atoms with van der Waals surface area (Å²) >= 11 is 0. The lowest BCUT2D eigenvalue weighted by Gasteiger charge is -2.28. The van der Waals surface area contributed by atoms with Crippen molar-refractivity contribution >= 4 is 11.9 Å². The number of esters is 1. The molecule has 1 heterocycles. The Morgan fingerprint density at radius 3 is 2.68 bits per heavy atom. The largest absolute Gasteiger partial charge is 0.491 e. The number of rotatable bonds is 3. The zero-order valence-corrected chi connectivity index (χ0v) is 15.1. The van der Waals surface area contributed by atoms with Crippen LogP contribution in [-0.4, -0.2) is 36.0 Å². The van der Waals surface area contributed by atoms with Crippen molar-refractivity contribution in [1.82, 2.24) is 4.90 Å². The molecule has 2 aliphatic rings. The van der Waals surface area contributed by atoms with E-state index in [1.54, 1.807) is 12.1 Å². The van der Waals surface area contributed by atoms with Crippen molar-refractivity contribution in [2.45, 2.75) is 58.6 Å². The second kappa shape index (κ2) is 7.89. The van der Waals surface area contributed by atoms with Crippen LogP contribution in [-0.2, 0) is 16.1 Å². The third-order valence-electron chi connectivity index (χ3n) is 4.89. The Morgan fingerprint density at radius 2 is 1.96 bits per heavy atom. The van der Waals surface area contributed by atoms with Crippen LogP contribution in [0.1, 0.15) is 61.9 Å². The van der Waals surface area contributed by atoms with E-state index in [4.69, 9.17) is 9.47 Å². The molecule has 0 atom stereocenters. The Kier molecular flexibility index (Phi) is 5.61. The smallest absolute Gasteiger partial charge is 0.338 e. The number of carbonyl (C=O) groups is 2. The molecule has 0 aromatic heterocycles. The van der Waals surface area contributed by atoms with E-state index < -0.39 is 0 Å². The van der Waals surface area contributed by atoms with Crippen LogP contribution in [0.5, 0.6) is 5.75 Å². The third-order valence-corrected chi connectivity index (χ3v) is 4.89. The maximum absolute atomic E-state index is 12.8. The summed E-state index contributed by atoms with van der Waals surface area (Å²) in [5.74, 6) is 0.743. The number of carbonyl (C=O) groups excluding carboxylic acids is 2. The molecule has 3 rings (SSSR count). The molecule has 25 heavy (non-hydrogen) atoms. The van der Waals surface area contributed by atoms with Gasteiger partial charge in [-0.05, 0) is 38.8 Å². The summed E-state index contributed by atoms with van der Waals surface area (Å²) in [7, 11) is 0. The van der Waals surface area contributed by atoms with Crippen LogP contribution < -0.4 is 4.74 Å². The average molecular weight is 345 g/mol. The number of ether oxygens (including phenoxy) is 2. The summed E-state index contributed by atoms with van der Waals surface area (Å²) in [5, 5.41) is 0. The van der Waals surface area contributed by atoms with Gasteiger partial charge in [-0.1, -0.05) is 25.3 Å². The molecule has 1 amide bonds. The zero-order chi connectivity index (χ0) is 17.8. The Bertz CT molecular complexity index is 635. The Labute approximate surface area is 149 Å². The molecule has 1 saturated carbocycles. The third kappa shape index (κ3) is 4.33. The molecule has 0 bridgehead atoms. The summed E-state index contributed by atoms with van der Waals surface area (Å²) in [6.45, 7) is 5.24. The molecule has 5 heteroatoms. The first-order chi connectivity index (χ1) is 12.0. The second-order valence-electron chi connectivity index (χ2n) is 7.22. The van der Waals surface area contributed by atoms with E-state index in [1.165, 1.54) is 6.42 Å². The zero-order valence-electron chi connectivity index (χ0n) is 15.1. The van der Waals surface area contributed by atoms with Gasteiger partial charge in [-0.25, -0.2) is 4.79 Å². The van der Waals surface area contributed by atoms with Crippen molar-refractivity contribution in [2.24, 2.45) is 5.92 Å². The fraction of sp³-hybridized carbons (Fsp3) is 0.600. The molecule has 5 nitrogen and oxygen atoms in total. The molecule has 1 aliphatic heterocycles. The Hall–Kier alpha value is -2.04. The van der Waals surface area contributed by atoms with Gasteiger partial charge in [-0.2, -0.15) is 0 Å². The summed E-state index contributed by atoms with van der Waals surface area (Å²) in [6, 6.07) is 5.36. The molecule has 0 N–H and O–H groups in total. The highest BCUT2D eigenvalue weighted by atomic mass is 16.5. The van der Waals surface area contributed by atoms with Crippen LogP contribution in [0.15, 0.2) is 18.2 Å². The van der Waals surface area contributed by atoms with Crippen molar-refractivity contribution in [1.29, 1.82) is 0 Å². The van der Waals surface area contributed by atoms with Crippen LogP contribution in [0.3, 0.4) is 0 Å². The Morgan fingerprint density at radius 1 is 1.20 bits per heavy atom. The summed E-state index contributed by atoms with van der Waals surface area (Å²) in [5.41, 5.74) is 1.43. The normalized spacial score (nSPS) is 18.3. The van der Waals surface area contributed by atoms with Crippen molar-refractivity contribution in [3.63, 3.8) is 0 Å². The highest BCUT2D eigenvalue weighted by Gasteiger charge is 2.28. The molecule has 0 spiro atoms. The highest BCUT2D eigenvalue weighted by molar-refractivity contribution is 5.90.